The maximum atomic E-state index is 14.3. The van der Waals surface area contributed by atoms with Crippen molar-refractivity contribution in [3.8, 4) is 16.5 Å². The molecule has 2 saturated carbocycles. The highest BCUT2D eigenvalue weighted by atomic mass is 32.1. The summed E-state index contributed by atoms with van der Waals surface area (Å²) < 4.78 is 26.1. The van der Waals surface area contributed by atoms with Gasteiger partial charge in [0.05, 0.1) is 42.3 Å². The molecule has 3 unspecified atom stereocenters. The smallest absolute Gasteiger partial charge is 0.333 e. The highest BCUT2D eigenvalue weighted by Crippen LogP contribution is 2.47. The third-order valence-electron chi connectivity index (χ3n) is 9.37. The summed E-state index contributed by atoms with van der Waals surface area (Å²) in [4.78, 5) is 45.8. The fourth-order valence-corrected chi connectivity index (χ4v) is 8.23. The van der Waals surface area contributed by atoms with Crippen molar-refractivity contribution in [2.75, 3.05) is 14.2 Å². The lowest BCUT2D eigenvalue weighted by molar-refractivity contribution is -0.146. The molecule has 4 aromatic rings. The number of thiophene rings is 1. The Hall–Kier alpha value is -3.74. The molecule has 2 fully saturated rings. The van der Waals surface area contributed by atoms with Crippen molar-refractivity contribution in [1.29, 1.82) is 0 Å². The number of aromatic nitrogens is 3. The molecular weight excluding hydrogens is 586 g/mol. The van der Waals surface area contributed by atoms with Gasteiger partial charge in [0.25, 0.3) is 5.56 Å². The molecule has 44 heavy (non-hydrogen) atoms. The summed E-state index contributed by atoms with van der Waals surface area (Å²) in [5.41, 5.74) is -1.90. The molecule has 3 aromatic heterocycles. The van der Waals surface area contributed by atoms with Crippen molar-refractivity contribution >= 4 is 27.5 Å². The Bertz CT molecular complexity index is 1790. The van der Waals surface area contributed by atoms with E-state index >= 15 is 0 Å². The number of fused-ring (bicyclic) bond motifs is 2. The fourth-order valence-electron chi connectivity index (χ4n) is 6.99. The van der Waals surface area contributed by atoms with Crippen molar-refractivity contribution < 1.29 is 28.5 Å². The zero-order valence-corrected chi connectivity index (χ0v) is 26.3. The van der Waals surface area contributed by atoms with Gasteiger partial charge in [-0.2, -0.15) is 0 Å². The molecule has 6 rings (SSSR count). The summed E-state index contributed by atoms with van der Waals surface area (Å²) in [5.74, 6) is 0.656. The van der Waals surface area contributed by atoms with E-state index in [1.165, 1.54) is 42.2 Å². The first-order valence-electron chi connectivity index (χ1n) is 14.8. The van der Waals surface area contributed by atoms with Crippen molar-refractivity contribution in [2.24, 2.45) is 11.8 Å². The SMILES string of the molecule is COc1ccccc1C(Cn1c(=O)n(C(C)(C)C(=O)O)c(=O)c2c(C)c(-c3ncco3)sc21)OC1CC2CC(OC)CC2C1. The Kier molecular flexibility index (Phi) is 8.02. The van der Waals surface area contributed by atoms with Crippen LogP contribution in [0.2, 0.25) is 0 Å². The number of benzene rings is 1. The molecule has 2 aliphatic carbocycles. The van der Waals surface area contributed by atoms with Crippen LogP contribution in [-0.2, 0) is 26.4 Å². The molecule has 0 amide bonds. The van der Waals surface area contributed by atoms with E-state index in [9.17, 15) is 19.5 Å². The molecular formula is C32H37N3O8S. The molecule has 11 nitrogen and oxygen atoms in total. The van der Waals surface area contributed by atoms with Gasteiger partial charge < -0.3 is 23.7 Å². The average molecular weight is 624 g/mol. The minimum atomic E-state index is -1.82. The van der Waals surface area contributed by atoms with Crippen LogP contribution in [0.15, 0.2) is 50.7 Å². The second kappa shape index (κ2) is 11.6. The van der Waals surface area contributed by atoms with Crippen molar-refractivity contribution in [1.82, 2.24) is 14.1 Å². The summed E-state index contributed by atoms with van der Waals surface area (Å²) >= 11 is 1.22. The van der Waals surface area contributed by atoms with Crippen LogP contribution in [0.25, 0.3) is 21.0 Å². The maximum Gasteiger partial charge on any atom is 0.333 e. The predicted octanol–water partition coefficient (Wildman–Crippen LogP) is 4.98. The molecule has 3 heterocycles. The number of aryl methyl sites for hydroxylation is 1. The third kappa shape index (κ3) is 5.08. The first-order valence-corrected chi connectivity index (χ1v) is 15.6. The van der Waals surface area contributed by atoms with Crippen LogP contribution in [0, 0.1) is 18.8 Å². The number of ether oxygens (including phenoxy) is 3. The third-order valence-corrected chi connectivity index (χ3v) is 10.7. The lowest BCUT2D eigenvalue weighted by Crippen LogP contribution is -2.52. The monoisotopic (exact) mass is 623 g/mol. The number of methoxy groups -OCH3 is 2. The van der Waals surface area contributed by atoms with E-state index in [-0.39, 0.29) is 24.1 Å². The number of carboxylic acids is 1. The molecule has 0 bridgehead atoms. The molecule has 1 aromatic carbocycles. The topological polar surface area (TPSA) is 135 Å². The second-order valence-corrected chi connectivity index (χ2v) is 13.3. The van der Waals surface area contributed by atoms with Gasteiger partial charge >= 0.3 is 11.7 Å². The number of carbonyl (C=O) groups is 1. The lowest BCUT2D eigenvalue weighted by Gasteiger charge is -2.27. The Balaban J connectivity index is 1.50. The molecule has 0 spiro atoms. The quantitative estimate of drug-likeness (QED) is 0.260. The van der Waals surface area contributed by atoms with Gasteiger partial charge in [-0.3, -0.25) is 9.36 Å². The minimum absolute atomic E-state index is 0.0309. The Morgan fingerprint density at radius 2 is 1.82 bits per heavy atom. The number of para-hydroxylation sites is 1. The van der Waals surface area contributed by atoms with E-state index < -0.39 is 28.9 Å². The highest BCUT2D eigenvalue weighted by molar-refractivity contribution is 7.22. The minimum Gasteiger partial charge on any atom is -0.496 e. The zero-order chi connectivity index (χ0) is 31.3. The van der Waals surface area contributed by atoms with Gasteiger partial charge in [-0.25, -0.2) is 19.1 Å². The molecule has 3 atom stereocenters. The summed E-state index contributed by atoms with van der Waals surface area (Å²) in [6, 6.07) is 7.53. The summed E-state index contributed by atoms with van der Waals surface area (Å²) in [6.45, 7) is 4.49. The number of carboxylic acid groups (broad SMARTS) is 1. The van der Waals surface area contributed by atoms with Gasteiger partial charge in [0.15, 0.2) is 0 Å². The molecule has 0 radical (unpaired) electrons. The van der Waals surface area contributed by atoms with Gasteiger partial charge in [-0.05, 0) is 69.9 Å². The van der Waals surface area contributed by atoms with Gasteiger partial charge in [-0.15, -0.1) is 11.3 Å². The largest absolute Gasteiger partial charge is 0.496 e. The van der Waals surface area contributed by atoms with E-state index in [0.717, 1.165) is 35.8 Å². The molecule has 2 aliphatic rings. The maximum absolute atomic E-state index is 14.3. The van der Waals surface area contributed by atoms with Crippen LogP contribution < -0.4 is 16.0 Å². The average Bonchev–Trinajstić information content (AvgIpc) is 3.78. The first-order chi connectivity index (χ1) is 21.0. The predicted molar refractivity (Wildman–Crippen MR) is 164 cm³/mol. The number of oxazole rings is 1. The number of rotatable bonds is 10. The summed E-state index contributed by atoms with van der Waals surface area (Å²) in [5, 5.41) is 10.3. The second-order valence-electron chi connectivity index (χ2n) is 12.3. The summed E-state index contributed by atoms with van der Waals surface area (Å²) in [6.07, 6.45) is 6.35. The molecule has 0 aliphatic heterocycles. The molecule has 1 N–H and O–H groups in total. The van der Waals surface area contributed by atoms with Crippen LogP contribution in [0.1, 0.15) is 56.8 Å². The Morgan fingerprint density at radius 1 is 1.14 bits per heavy atom. The van der Waals surface area contributed by atoms with Gasteiger partial charge in [0.2, 0.25) is 5.89 Å². The highest BCUT2D eigenvalue weighted by Gasteiger charge is 2.43. The standard InChI is InChI=1S/C32H37N3O8S/c1-17-25-28(36)35(32(2,3)30(37)38)31(39)34(29(25)44-26(17)27-33-10-11-42-27)16-24(22-8-6-7-9-23(22)41-5)43-21-14-18-12-20(40-4)13-19(18)15-21/h6-11,18-21,24H,12-16H2,1-5H3,(H,37,38). The fraction of sp³-hybridized carbons (Fsp3) is 0.500. The zero-order valence-electron chi connectivity index (χ0n) is 25.4. The van der Waals surface area contributed by atoms with Crippen LogP contribution in [-0.4, -0.2) is 51.6 Å². The van der Waals surface area contributed by atoms with E-state index in [1.807, 2.05) is 24.3 Å². The first kappa shape index (κ1) is 30.3. The van der Waals surface area contributed by atoms with E-state index in [0.29, 0.717) is 38.7 Å². The summed E-state index contributed by atoms with van der Waals surface area (Å²) in [7, 11) is 3.35. The molecule has 0 saturated heterocycles. The van der Waals surface area contributed by atoms with E-state index in [1.54, 1.807) is 21.1 Å². The van der Waals surface area contributed by atoms with Crippen molar-refractivity contribution in [3.05, 3.63) is 68.7 Å². The van der Waals surface area contributed by atoms with E-state index in [2.05, 4.69) is 4.98 Å². The molecule has 234 valence electrons. The number of nitrogens with zero attached hydrogens (tertiary/aromatic N) is 3. The van der Waals surface area contributed by atoms with Crippen molar-refractivity contribution in [3.63, 3.8) is 0 Å². The van der Waals surface area contributed by atoms with Gasteiger partial charge in [0, 0.05) is 12.7 Å². The lowest BCUT2D eigenvalue weighted by atomic mass is 10.0. The number of hydrogen-bond donors (Lipinski definition) is 1. The normalized spacial score (nSPS) is 22.4. The Labute approximate surface area is 258 Å². The van der Waals surface area contributed by atoms with Gasteiger partial charge in [-0.1, -0.05) is 18.2 Å². The molecule has 12 heteroatoms. The van der Waals surface area contributed by atoms with Crippen LogP contribution in [0.5, 0.6) is 5.75 Å². The number of aliphatic carboxylic acids is 1. The van der Waals surface area contributed by atoms with Crippen LogP contribution in [0.4, 0.5) is 0 Å². The van der Waals surface area contributed by atoms with Crippen LogP contribution in [0.3, 0.4) is 0 Å². The van der Waals surface area contributed by atoms with E-state index in [4.69, 9.17) is 18.6 Å². The van der Waals surface area contributed by atoms with Gasteiger partial charge in [0.1, 0.15) is 28.5 Å². The van der Waals surface area contributed by atoms with Crippen LogP contribution >= 0.6 is 11.3 Å². The Morgan fingerprint density at radius 3 is 2.43 bits per heavy atom. The van der Waals surface area contributed by atoms with Crippen molar-refractivity contribution in [2.45, 2.75) is 76.9 Å². The number of hydrogen-bond acceptors (Lipinski definition) is 9.